The number of ether oxygens (including phenoxy) is 2. The molecule has 1 amide bonds. The van der Waals surface area contributed by atoms with E-state index in [1.54, 1.807) is 56.3 Å². The van der Waals surface area contributed by atoms with Crippen molar-refractivity contribution in [3.63, 3.8) is 0 Å². The average molecular weight is 424 g/mol. The summed E-state index contributed by atoms with van der Waals surface area (Å²) >= 11 is 0. The van der Waals surface area contributed by atoms with Crippen LogP contribution >= 0.6 is 0 Å². The first-order chi connectivity index (χ1) is 14.8. The van der Waals surface area contributed by atoms with E-state index in [-0.39, 0.29) is 30.8 Å². The number of guanidine groups is 1. The first-order valence-corrected chi connectivity index (χ1v) is 9.77. The molecular formula is C22H24N4O5. The van der Waals surface area contributed by atoms with Crippen LogP contribution in [0, 0.1) is 0 Å². The van der Waals surface area contributed by atoms with Crippen molar-refractivity contribution in [1.82, 2.24) is 4.90 Å². The smallest absolute Gasteiger partial charge is 0.347 e. The van der Waals surface area contributed by atoms with Gasteiger partial charge in [0.2, 0.25) is 0 Å². The maximum Gasteiger partial charge on any atom is 0.347 e. The molecule has 0 saturated carbocycles. The van der Waals surface area contributed by atoms with Gasteiger partial charge in [-0.15, -0.1) is 0 Å². The normalized spacial score (nSPS) is 13.4. The van der Waals surface area contributed by atoms with Crippen LogP contribution in [0.15, 0.2) is 47.5 Å². The molecule has 0 spiro atoms. The highest BCUT2D eigenvalue weighted by atomic mass is 16.6. The fraction of sp³-hybridized carbons (Fsp3) is 0.273. The third-order valence-electron chi connectivity index (χ3n) is 4.67. The number of ketones is 1. The molecule has 0 radical (unpaired) electrons. The largest absolute Gasteiger partial charge is 0.479 e. The van der Waals surface area contributed by atoms with Crippen molar-refractivity contribution in [3.05, 3.63) is 59.2 Å². The summed E-state index contributed by atoms with van der Waals surface area (Å²) in [5.41, 5.74) is 13.1. The number of hydrogen-bond donors (Lipinski definition) is 2. The molecule has 0 saturated heterocycles. The average Bonchev–Trinajstić information content (AvgIpc) is 3.02. The summed E-state index contributed by atoms with van der Waals surface area (Å²) in [4.78, 5) is 42.4. The van der Waals surface area contributed by atoms with Gasteiger partial charge in [-0.3, -0.25) is 9.59 Å². The molecule has 31 heavy (non-hydrogen) atoms. The van der Waals surface area contributed by atoms with Crippen molar-refractivity contribution in [1.29, 1.82) is 0 Å². The molecule has 1 aliphatic heterocycles. The van der Waals surface area contributed by atoms with E-state index in [2.05, 4.69) is 4.99 Å². The highest BCUT2D eigenvalue weighted by molar-refractivity contribution is 6.04. The second-order valence-electron chi connectivity index (χ2n) is 7.00. The summed E-state index contributed by atoms with van der Waals surface area (Å²) in [6.45, 7) is 3.81. The SMILES string of the molecule is CCOC(=O)C(C)Oc1ccc(C(=O)CN2Cc3cc(N=C(N)N)ccc3C2=O)cc1. The van der Waals surface area contributed by atoms with Crippen molar-refractivity contribution in [2.75, 3.05) is 13.2 Å². The van der Waals surface area contributed by atoms with Crippen molar-refractivity contribution in [2.45, 2.75) is 26.5 Å². The summed E-state index contributed by atoms with van der Waals surface area (Å²) in [5, 5.41) is 0. The topological polar surface area (TPSA) is 137 Å². The molecule has 0 bridgehead atoms. The van der Waals surface area contributed by atoms with Crippen molar-refractivity contribution >= 4 is 29.3 Å². The molecule has 0 fully saturated rings. The lowest BCUT2D eigenvalue weighted by atomic mass is 10.1. The zero-order chi connectivity index (χ0) is 22.5. The first kappa shape index (κ1) is 21.8. The van der Waals surface area contributed by atoms with Crippen LogP contribution in [-0.2, 0) is 16.1 Å². The van der Waals surface area contributed by atoms with Gasteiger partial charge in [0.15, 0.2) is 17.8 Å². The molecule has 3 rings (SSSR count). The number of benzene rings is 2. The van der Waals surface area contributed by atoms with Gasteiger partial charge in [0, 0.05) is 17.7 Å². The maximum absolute atomic E-state index is 12.7. The minimum absolute atomic E-state index is 0.0649. The Labute approximate surface area is 179 Å². The molecule has 1 aliphatic rings. The highest BCUT2D eigenvalue weighted by Crippen LogP contribution is 2.27. The van der Waals surface area contributed by atoms with Crippen LogP contribution in [0.4, 0.5) is 5.69 Å². The van der Waals surface area contributed by atoms with Crippen LogP contribution in [0.25, 0.3) is 0 Å². The van der Waals surface area contributed by atoms with Gasteiger partial charge in [-0.05, 0) is 61.9 Å². The quantitative estimate of drug-likeness (QED) is 0.285. The Balaban J connectivity index is 1.63. The zero-order valence-corrected chi connectivity index (χ0v) is 17.3. The van der Waals surface area contributed by atoms with Gasteiger partial charge in [-0.2, -0.15) is 0 Å². The molecule has 2 aromatic carbocycles. The number of nitrogens with two attached hydrogens (primary N) is 2. The number of nitrogens with zero attached hydrogens (tertiary/aromatic N) is 2. The third kappa shape index (κ3) is 5.19. The van der Waals surface area contributed by atoms with Crippen LogP contribution in [0.3, 0.4) is 0 Å². The van der Waals surface area contributed by atoms with E-state index in [4.69, 9.17) is 20.9 Å². The number of amides is 1. The number of carbonyl (C=O) groups is 3. The Hall–Kier alpha value is -3.88. The fourth-order valence-electron chi connectivity index (χ4n) is 3.21. The highest BCUT2D eigenvalue weighted by Gasteiger charge is 2.29. The number of esters is 1. The molecule has 0 aromatic heterocycles. The summed E-state index contributed by atoms with van der Waals surface area (Å²) in [7, 11) is 0. The number of aliphatic imine (C=N–C) groups is 1. The molecule has 0 aliphatic carbocycles. The van der Waals surface area contributed by atoms with Crippen LogP contribution < -0.4 is 16.2 Å². The van der Waals surface area contributed by atoms with Gasteiger partial charge >= 0.3 is 5.97 Å². The lowest BCUT2D eigenvalue weighted by molar-refractivity contribution is -0.150. The van der Waals surface area contributed by atoms with Crippen LogP contribution in [0.1, 0.15) is 40.1 Å². The molecule has 2 aromatic rings. The Morgan fingerprint density at radius 2 is 1.87 bits per heavy atom. The molecular weight excluding hydrogens is 400 g/mol. The maximum atomic E-state index is 12.7. The second kappa shape index (κ2) is 9.29. The van der Waals surface area contributed by atoms with Gasteiger partial charge in [0.25, 0.3) is 5.91 Å². The van der Waals surface area contributed by atoms with Crippen molar-refractivity contribution in [3.8, 4) is 5.75 Å². The molecule has 4 N–H and O–H groups in total. The summed E-state index contributed by atoms with van der Waals surface area (Å²) < 4.78 is 10.4. The summed E-state index contributed by atoms with van der Waals surface area (Å²) in [6, 6.07) is 11.4. The lowest BCUT2D eigenvalue weighted by Crippen LogP contribution is -2.30. The summed E-state index contributed by atoms with van der Waals surface area (Å²) in [6.07, 6.45) is -0.758. The van der Waals surface area contributed by atoms with Crippen LogP contribution in [0.5, 0.6) is 5.75 Å². The first-order valence-electron chi connectivity index (χ1n) is 9.77. The van der Waals surface area contributed by atoms with Crippen molar-refractivity contribution in [2.24, 2.45) is 16.5 Å². The molecule has 1 heterocycles. The predicted molar refractivity (Wildman–Crippen MR) is 114 cm³/mol. The third-order valence-corrected chi connectivity index (χ3v) is 4.67. The number of fused-ring (bicyclic) bond motifs is 1. The minimum atomic E-state index is -0.758. The van der Waals surface area contributed by atoms with Gasteiger partial charge in [0.1, 0.15) is 5.75 Å². The van der Waals surface area contributed by atoms with Gasteiger partial charge < -0.3 is 25.8 Å². The van der Waals surface area contributed by atoms with E-state index in [1.807, 2.05) is 0 Å². The monoisotopic (exact) mass is 424 g/mol. The second-order valence-corrected chi connectivity index (χ2v) is 7.00. The van der Waals surface area contributed by atoms with Gasteiger partial charge in [-0.25, -0.2) is 9.79 Å². The predicted octanol–water partition coefficient (Wildman–Crippen LogP) is 1.76. The van der Waals surface area contributed by atoms with E-state index in [1.165, 1.54) is 4.90 Å². The van der Waals surface area contributed by atoms with E-state index in [9.17, 15) is 14.4 Å². The number of Topliss-reactive ketones (excluding diaryl/α,β-unsaturated/α-hetero) is 1. The summed E-state index contributed by atoms with van der Waals surface area (Å²) in [5.74, 6) is -0.523. The van der Waals surface area contributed by atoms with Crippen LogP contribution in [-0.4, -0.2) is 47.8 Å². The van der Waals surface area contributed by atoms with Gasteiger partial charge in [-0.1, -0.05) is 0 Å². The molecule has 1 atom stereocenters. The molecule has 1 unspecified atom stereocenters. The van der Waals surface area contributed by atoms with E-state index < -0.39 is 12.1 Å². The number of rotatable bonds is 8. The standard InChI is InChI=1S/C22H24N4O5/c1-3-30-21(29)13(2)31-17-7-4-14(5-8-17)19(27)12-26-11-15-10-16(25-22(23)24)6-9-18(15)20(26)28/h4-10,13H,3,11-12H2,1-2H3,(H4,23,24,25). The number of hydrogen-bond acceptors (Lipinski definition) is 6. The Bertz CT molecular complexity index is 1030. The van der Waals surface area contributed by atoms with Gasteiger partial charge in [0.05, 0.1) is 18.8 Å². The van der Waals surface area contributed by atoms with E-state index in [0.29, 0.717) is 29.1 Å². The Morgan fingerprint density at radius 1 is 1.16 bits per heavy atom. The van der Waals surface area contributed by atoms with Crippen LogP contribution in [0.2, 0.25) is 0 Å². The fourth-order valence-corrected chi connectivity index (χ4v) is 3.21. The minimum Gasteiger partial charge on any atom is -0.479 e. The molecule has 9 nitrogen and oxygen atoms in total. The number of carbonyl (C=O) groups excluding carboxylic acids is 3. The van der Waals surface area contributed by atoms with E-state index >= 15 is 0 Å². The van der Waals surface area contributed by atoms with E-state index in [0.717, 1.165) is 5.56 Å². The Morgan fingerprint density at radius 3 is 2.52 bits per heavy atom. The molecule has 9 heteroatoms. The van der Waals surface area contributed by atoms with Crippen molar-refractivity contribution < 1.29 is 23.9 Å². The lowest BCUT2D eigenvalue weighted by Gasteiger charge is -2.15. The Kier molecular flexibility index (Phi) is 6.54. The molecule has 162 valence electrons. The zero-order valence-electron chi connectivity index (χ0n) is 17.3.